The second kappa shape index (κ2) is 5.72. The zero-order chi connectivity index (χ0) is 14.7. The van der Waals surface area contributed by atoms with Crippen LogP contribution in [0.15, 0.2) is 18.2 Å². The Kier molecular flexibility index (Phi) is 4.01. The lowest BCUT2D eigenvalue weighted by atomic mass is 10.1. The van der Waals surface area contributed by atoms with E-state index in [0.717, 1.165) is 0 Å². The molecule has 8 nitrogen and oxygen atoms in total. The minimum absolute atomic E-state index is 0.0251. The summed E-state index contributed by atoms with van der Waals surface area (Å²) in [5.74, 6) is -0.400. The van der Waals surface area contributed by atoms with Crippen LogP contribution < -0.4 is 11.1 Å². The van der Waals surface area contributed by atoms with Gasteiger partial charge in [0.2, 0.25) is 5.13 Å². The van der Waals surface area contributed by atoms with Gasteiger partial charge in [-0.05, 0) is 19.1 Å². The van der Waals surface area contributed by atoms with E-state index < -0.39 is 10.8 Å². The summed E-state index contributed by atoms with van der Waals surface area (Å²) in [6.45, 7) is 1.83. The highest BCUT2D eigenvalue weighted by atomic mass is 32.1. The van der Waals surface area contributed by atoms with Crippen molar-refractivity contribution in [3.63, 3.8) is 0 Å². The van der Waals surface area contributed by atoms with E-state index in [9.17, 15) is 14.9 Å². The van der Waals surface area contributed by atoms with Crippen LogP contribution in [0.4, 0.5) is 10.8 Å². The van der Waals surface area contributed by atoms with Crippen molar-refractivity contribution in [1.82, 2.24) is 10.2 Å². The lowest BCUT2D eigenvalue weighted by Gasteiger charge is -2.03. The highest BCUT2D eigenvalue weighted by molar-refractivity contribution is 7.15. The monoisotopic (exact) mass is 293 g/mol. The summed E-state index contributed by atoms with van der Waals surface area (Å²) >= 11 is 1.18. The van der Waals surface area contributed by atoms with Gasteiger partial charge in [0.1, 0.15) is 5.01 Å². The van der Waals surface area contributed by atoms with Crippen LogP contribution in [-0.4, -0.2) is 21.0 Å². The molecule has 0 fully saturated rings. The number of nitrogens with two attached hydrogens (primary N) is 1. The molecule has 1 aromatic carbocycles. The van der Waals surface area contributed by atoms with E-state index in [1.807, 2.05) is 0 Å². The van der Waals surface area contributed by atoms with E-state index >= 15 is 0 Å². The Bertz CT molecular complexity index is 670. The quantitative estimate of drug-likeness (QED) is 0.649. The number of nitrogens with one attached hydrogen (secondary N) is 1. The van der Waals surface area contributed by atoms with Crippen molar-refractivity contribution < 1.29 is 9.72 Å². The van der Waals surface area contributed by atoms with Crippen molar-refractivity contribution >= 4 is 28.1 Å². The van der Waals surface area contributed by atoms with Crippen molar-refractivity contribution in [1.29, 1.82) is 0 Å². The number of carbonyl (C=O) groups is 1. The number of aryl methyl sites for hydroxylation is 1. The number of carbonyl (C=O) groups excluding carboxylic acids is 1. The Balaban J connectivity index is 2.17. The minimum atomic E-state index is -0.491. The van der Waals surface area contributed by atoms with Crippen LogP contribution in [0, 0.1) is 17.0 Å². The Morgan fingerprint density at radius 1 is 1.50 bits per heavy atom. The Morgan fingerprint density at radius 2 is 2.25 bits per heavy atom. The van der Waals surface area contributed by atoms with Crippen LogP contribution in [0.1, 0.15) is 20.9 Å². The maximum Gasteiger partial charge on any atom is 0.272 e. The summed E-state index contributed by atoms with van der Waals surface area (Å²) in [6, 6.07) is 4.15. The Hall–Kier alpha value is -2.39. The molecule has 0 saturated carbocycles. The van der Waals surface area contributed by atoms with Crippen LogP contribution in [0.3, 0.4) is 0 Å². The number of hydrogen-bond acceptors (Lipinski definition) is 7. The molecule has 2 rings (SSSR count). The van der Waals surface area contributed by atoms with Gasteiger partial charge in [0, 0.05) is 23.7 Å². The summed E-state index contributed by atoms with van der Waals surface area (Å²) in [5, 5.41) is 21.8. The van der Waals surface area contributed by atoms with Crippen molar-refractivity contribution in [2.45, 2.75) is 13.5 Å². The van der Waals surface area contributed by atoms with Crippen molar-refractivity contribution in [3.8, 4) is 0 Å². The van der Waals surface area contributed by atoms with Gasteiger partial charge in [0.05, 0.1) is 4.92 Å². The first-order chi connectivity index (χ1) is 9.51. The lowest BCUT2D eigenvalue weighted by Crippen LogP contribution is -2.12. The average molecular weight is 293 g/mol. The molecule has 0 aliphatic heterocycles. The summed E-state index contributed by atoms with van der Waals surface area (Å²) in [6.07, 6.45) is 0. The standard InChI is InChI=1S/C11H11N5O3S/c1-6-4-7(2-3-8(6)16(18)19)10(17)13-11-15-14-9(5-12)20-11/h2-4H,5,12H2,1H3,(H,13,15,17). The first kappa shape index (κ1) is 14.0. The topological polar surface area (TPSA) is 124 Å². The lowest BCUT2D eigenvalue weighted by molar-refractivity contribution is -0.385. The summed E-state index contributed by atoms with van der Waals surface area (Å²) in [7, 11) is 0. The molecule has 0 spiro atoms. The van der Waals surface area contributed by atoms with Gasteiger partial charge in [-0.25, -0.2) is 0 Å². The van der Waals surface area contributed by atoms with Crippen molar-refractivity contribution in [2.24, 2.45) is 5.73 Å². The number of rotatable bonds is 4. The molecule has 0 radical (unpaired) electrons. The maximum atomic E-state index is 12.0. The molecule has 104 valence electrons. The van der Waals surface area contributed by atoms with E-state index in [-0.39, 0.29) is 12.2 Å². The molecule has 0 atom stereocenters. The predicted octanol–water partition coefficient (Wildman–Crippen LogP) is 1.47. The molecule has 0 bridgehead atoms. The highest BCUT2D eigenvalue weighted by Gasteiger charge is 2.15. The Labute approximate surface area is 117 Å². The van der Waals surface area contributed by atoms with Gasteiger partial charge in [-0.1, -0.05) is 11.3 Å². The van der Waals surface area contributed by atoms with Crippen LogP contribution in [-0.2, 0) is 6.54 Å². The number of anilines is 1. The fourth-order valence-electron chi connectivity index (χ4n) is 1.56. The molecule has 1 aromatic heterocycles. The SMILES string of the molecule is Cc1cc(C(=O)Nc2nnc(CN)s2)ccc1[N+](=O)[O-]. The van der Waals surface area contributed by atoms with Gasteiger partial charge < -0.3 is 5.73 Å². The third-order valence-electron chi connectivity index (χ3n) is 2.52. The van der Waals surface area contributed by atoms with E-state index in [1.165, 1.54) is 29.5 Å². The molecule has 2 aromatic rings. The molecule has 0 aliphatic carbocycles. The zero-order valence-electron chi connectivity index (χ0n) is 10.5. The van der Waals surface area contributed by atoms with Gasteiger partial charge >= 0.3 is 0 Å². The molecular weight excluding hydrogens is 282 g/mol. The van der Waals surface area contributed by atoms with E-state index in [2.05, 4.69) is 15.5 Å². The number of amides is 1. The molecule has 9 heteroatoms. The number of hydrogen-bond donors (Lipinski definition) is 2. The van der Waals surface area contributed by atoms with Crippen molar-refractivity contribution in [3.05, 3.63) is 44.4 Å². The molecular formula is C11H11N5O3S. The van der Waals surface area contributed by atoms with E-state index in [0.29, 0.717) is 21.3 Å². The van der Waals surface area contributed by atoms with Gasteiger partial charge in [-0.15, -0.1) is 10.2 Å². The second-order valence-corrected chi connectivity index (χ2v) is 4.98. The Morgan fingerprint density at radius 3 is 2.80 bits per heavy atom. The predicted molar refractivity (Wildman–Crippen MR) is 73.6 cm³/mol. The minimum Gasteiger partial charge on any atom is -0.324 e. The van der Waals surface area contributed by atoms with Crippen LogP contribution in [0.5, 0.6) is 0 Å². The number of nitro benzene ring substituents is 1. The van der Waals surface area contributed by atoms with Crippen LogP contribution in [0.25, 0.3) is 0 Å². The van der Waals surface area contributed by atoms with Crippen molar-refractivity contribution in [2.75, 3.05) is 5.32 Å². The van der Waals surface area contributed by atoms with E-state index in [4.69, 9.17) is 5.73 Å². The molecule has 0 aliphatic rings. The first-order valence-corrected chi connectivity index (χ1v) is 6.41. The zero-order valence-corrected chi connectivity index (χ0v) is 11.3. The summed E-state index contributed by atoms with van der Waals surface area (Å²) in [4.78, 5) is 22.2. The van der Waals surface area contributed by atoms with Crippen LogP contribution in [0.2, 0.25) is 0 Å². The highest BCUT2D eigenvalue weighted by Crippen LogP contribution is 2.20. The molecule has 20 heavy (non-hydrogen) atoms. The molecule has 1 amide bonds. The molecule has 1 heterocycles. The third kappa shape index (κ3) is 2.95. The normalized spacial score (nSPS) is 10.3. The first-order valence-electron chi connectivity index (χ1n) is 5.60. The number of benzene rings is 1. The number of aromatic nitrogens is 2. The fraction of sp³-hybridized carbons (Fsp3) is 0.182. The summed E-state index contributed by atoms with van der Waals surface area (Å²) in [5.41, 5.74) is 6.11. The molecule has 0 saturated heterocycles. The number of nitro groups is 1. The van der Waals surface area contributed by atoms with Gasteiger partial charge in [0.15, 0.2) is 0 Å². The fourth-order valence-corrected chi connectivity index (χ4v) is 2.17. The van der Waals surface area contributed by atoms with Gasteiger partial charge in [-0.2, -0.15) is 0 Å². The third-order valence-corrected chi connectivity index (χ3v) is 3.38. The second-order valence-electron chi connectivity index (χ2n) is 3.92. The number of nitrogens with zero attached hydrogens (tertiary/aromatic N) is 3. The van der Waals surface area contributed by atoms with Gasteiger partial charge in [-0.3, -0.25) is 20.2 Å². The smallest absolute Gasteiger partial charge is 0.272 e. The molecule has 3 N–H and O–H groups in total. The largest absolute Gasteiger partial charge is 0.324 e. The summed E-state index contributed by atoms with van der Waals surface area (Å²) < 4.78 is 0. The van der Waals surface area contributed by atoms with Gasteiger partial charge in [0.25, 0.3) is 11.6 Å². The van der Waals surface area contributed by atoms with Crippen LogP contribution >= 0.6 is 11.3 Å². The average Bonchev–Trinajstić information content (AvgIpc) is 2.85. The maximum absolute atomic E-state index is 12.0. The van der Waals surface area contributed by atoms with E-state index in [1.54, 1.807) is 6.92 Å². The molecule has 0 unspecified atom stereocenters.